The second-order valence-electron chi connectivity index (χ2n) is 9.24. The molecule has 1 atom stereocenters. The zero-order chi connectivity index (χ0) is 23.5. The van der Waals surface area contributed by atoms with E-state index in [4.69, 9.17) is 0 Å². The number of piperidine rings is 1. The Morgan fingerprint density at radius 1 is 0.970 bits per heavy atom. The van der Waals surface area contributed by atoms with Gasteiger partial charge in [0.05, 0.1) is 0 Å². The minimum absolute atomic E-state index is 0.0434. The van der Waals surface area contributed by atoms with Crippen molar-refractivity contribution in [1.29, 1.82) is 0 Å². The van der Waals surface area contributed by atoms with Crippen LogP contribution in [0, 0.1) is 13.8 Å². The Labute approximate surface area is 196 Å². The van der Waals surface area contributed by atoms with E-state index in [2.05, 4.69) is 5.32 Å². The molecular weight excluding hydrogens is 414 g/mol. The van der Waals surface area contributed by atoms with Gasteiger partial charge < -0.3 is 15.1 Å². The highest BCUT2D eigenvalue weighted by atomic mass is 16.2. The van der Waals surface area contributed by atoms with Crippen LogP contribution in [-0.4, -0.2) is 46.7 Å². The fourth-order valence-electron chi connectivity index (χ4n) is 4.88. The lowest BCUT2D eigenvalue weighted by atomic mass is 9.91. The van der Waals surface area contributed by atoms with Crippen LogP contribution in [-0.2, 0) is 22.6 Å². The molecular formula is C27H33N3O3. The summed E-state index contributed by atoms with van der Waals surface area (Å²) in [6.07, 6.45) is 4.07. The first-order chi connectivity index (χ1) is 15.9. The molecule has 3 amide bonds. The van der Waals surface area contributed by atoms with Crippen LogP contribution in [0.4, 0.5) is 5.69 Å². The number of fused-ring (bicyclic) bond motifs is 1. The number of benzene rings is 2. The molecule has 1 N–H and O–H groups in total. The van der Waals surface area contributed by atoms with Gasteiger partial charge in [0.2, 0.25) is 11.8 Å². The lowest BCUT2D eigenvalue weighted by molar-refractivity contribution is -0.137. The summed E-state index contributed by atoms with van der Waals surface area (Å²) in [6, 6.07) is 11.1. The monoisotopic (exact) mass is 447 g/mol. The lowest BCUT2D eigenvalue weighted by Crippen LogP contribution is -2.54. The van der Waals surface area contributed by atoms with Crippen molar-refractivity contribution < 1.29 is 14.4 Å². The van der Waals surface area contributed by atoms with Crippen LogP contribution >= 0.6 is 0 Å². The quantitative estimate of drug-likeness (QED) is 0.763. The summed E-state index contributed by atoms with van der Waals surface area (Å²) in [6.45, 7) is 7.63. The Kier molecular flexibility index (Phi) is 6.82. The molecule has 0 radical (unpaired) electrons. The summed E-state index contributed by atoms with van der Waals surface area (Å²) in [7, 11) is 0. The summed E-state index contributed by atoms with van der Waals surface area (Å²) in [4.78, 5) is 42.8. The summed E-state index contributed by atoms with van der Waals surface area (Å²) in [5.74, 6) is -0.120. The van der Waals surface area contributed by atoms with Crippen molar-refractivity contribution in [3.8, 4) is 0 Å². The molecule has 6 heteroatoms. The van der Waals surface area contributed by atoms with Gasteiger partial charge in [0.1, 0.15) is 6.04 Å². The SMILES string of the molecule is CCC(=O)Nc1ccc2c(c1)CN(C(=O)c1ccc(C)cc1C)[C@@H](C(=O)N1CCCCC1)C2. The fourth-order valence-corrected chi connectivity index (χ4v) is 4.88. The standard InChI is InChI=1S/C27H33N3O3/c1-4-25(31)28-22-10-9-20-16-24(27(33)29-12-6-5-7-13-29)30(17-21(20)15-22)26(32)23-11-8-18(2)14-19(23)3/h8-11,14-15,24H,4-7,12-13,16-17H2,1-3H3,(H,28,31)/t24-/m1/s1. The molecule has 0 spiro atoms. The first-order valence-electron chi connectivity index (χ1n) is 12.0. The van der Waals surface area contributed by atoms with Crippen LogP contribution in [0.5, 0.6) is 0 Å². The Bertz CT molecular complexity index is 1070. The number of anilines is 1. The van der Waals surface area contributed by atoms with Crippen LogP contribution in [0.1, 0.15) is 65.2 Å². The summed E-state index contributed by atoms with van der Waals surface area (Å²) in [5.41, 5.74) is 5.41. The third-order valence-electron chi connectivity index (χ3n) is 6.77. The molecule has 174 valence electrons. The van der Waals surface area contributed by atoms with Gasteiger partial charge >= 0.3 is 0 Å². The molecule has 0 aromatic heterocycles. The highest BCUT2D eigenvalue weighted by Crippen LogP contribution is 2.30. The molecule has 1 saturated heterocycles. The van der Waals surface area contributed by atoms with E-state index in [1.807, 2.05) is 62.1 Å². The number of nitrogens with one attached hydrogen (secondary N) is 1. The number of likely N-dealkylation sites (tertiary alicyclic amines) is 1. The van der Waals surface area contributed by atoms with Crippen LogP contribution in [0.2, 0.25) is 0 Å². The molecule has 33 heavy (non-hydrogen) atoms. The van der Waals surface area contributed by atoms with Crippen molar-refractivity contribution in [2.24, 2.45) is 0 Å². The van der Waals surface area contributed by atoms with Crippen LogP contribution in [0.25, 0.3) is 0 Å². The van der Waals surface area contributed by atoms with Gasteiger partial charge in [0.25, 0.3) is 5.91 Å². The number of aryl methyl sites for hydroxylation is 2. The van der Waals surface area contributed by atoms with E-state index in [0.29, 0.717) is 24.9 Å². The molecule has 2 aliphatic rings. The number of amides is 3. The first-order valence-corrected chi connectivity index (χ1v) is 12.0. The van der Waals surface area contributed by atoms with Crippen molar-refractivity contribution in [3.63, 3.8) is 0 Å². The number of hydrogen-bond donors (Lipinski definition) is 1. The van der Waals surface area contributed by atoms with Crippen LogP contribution in [0.3, 0.4) is 0 Å². The number of carbonyl (C=O) groups excluding carboxylic acids is 3. The Morgan fingerprint density at radius 2 is 1.73 bits per heavy atom. The molecule has 1 fully saturated rings. The zero-order valence-electron chi connectivity index (χ0n) is 19.8. The lowest BCUT2D eigenvalue weighted by Gasteiger charge is -2.40. The molecule has 0 unspecified atom stereocenters. The molecule has 2 aromatic carbocycles. The molecule has 2 aromatic rings. The fraction of sp³-hybridized carbons (Fsp3) is 0.444. The Balaban J connectivity index is 1.68. The Morgan fingerprint density at radius 3 is 2.42 bits per heavy atom. The average molecular weight is 448 g/mol. The summed E-state index contributed by atoms with van der Waals surface area (Å²) in [5, 5.41) is 2.90. The van der Waals surface area contributed by atoms with Crippen LogP contribution < -0.4 is 5.32 Å². The van der Waals surface area contributed by atoms with Gasteiger partial charge in [0.15, 0.2) is 0 Å². The number of carbonyl (C=O) groups is 3. The number of rotatable bonds is 4. The van der Waals surface area contributed by atoms with Gasteiger partial charge in [-0.3, -0.25) is 14.4 Å². The van der Waals surface area contributed by atoms with E-state index >= 15 is 0 Å². The molecule has 2 heterocycles. The zero-order valence-corrected chi connectivity index (χ0v) is 19.8. The molecule has 0 saturated carbocycles. The molecule has 2 aliphatic heterocycles. The van der Waals surface area contributed by atoms with E-state index in [-0.39, 0.29) is 17.7 Å². The second kappa shape index (κ2) is 9.77. The largest absolute Gasteiger partial charge is 0.341 e. The molecule has 6 nitrogen and oxygen atoms in total. The second-order valence-corrected chi connectivity index (χ2v) is 9.24. The topological polar surface area (TPSA) is 69.7 Å². The third-order valence-corrected chi connectivity index (χ3v) is 6.77. The number of hydrogen-bond acceptors (Lipinski definition) is 3. The maximum absolute atomic E-state index is 13.7. The smallest absolute Gasteiger partial charge is 0.255 e. The van der Waals surface area contributed by atoms with Gasteiger partial charge in [0, 0.05) is 43.7 Å². The van der Waals surface area contributed by atoms with E-state index in [0.717, 1.165) is 60.3 Å². The van der Waals surface area contributed by atoms with Crippen LogP contribution in [0.15, 0.2) is 36.4 Å². The van der Waals surface area contributed by atoms with Crippen molar-refractivity contribution >= 4 is 23.4 Å². The molecule has 4 rings (SSSR count). The minimum Gasteiger partial charge on any atom is -0.341 e. The normalized spacial score (nSPS) is 18.0. The summed E-state index contributed by atoms with van der Waals surface area (Å²) >= 11 is 0. The van der Waals surface area contributed by atoms with Gasteiger partial charge in [-0.2, -0.15) is 0 Å². The van der Waals surface area contributed by atoms with E-state index in [1.54, 1.807) is 4.90 Å². The highest BCUT2D eigenvalue weighted by Gasteiger charge is 2.38. The predicted octanol–water partition coefficient (Wildman–Crippen LogP) is 4.23. The predicted molar refractivity (Wildman–Crippen MR) is 129 cm³/mol. The van der Waals surface area contributed by atoms with Crippen molar-refractivity contribution in [1.82, 2.24) is 9.80 Å². The minimum atomic E-state index is -0.514. The summed E-state index contributed by atoms with van der Waals surface area (Å²) < 4.78 is 0. The van der Waals surface area contributed by atoms with E-state index < -0.39 is 6.04 Å². The van der Waals surface area contributed by atoms with E-state index in [9.17, 15) is 14.4 Å². The van der Waals surface area contributed by atoms with Crippen molar-refractivity contribution in [2.45, 2.75) is 65.5 Å². The van der Waals surface area contributed by atoms with Gasteiger partial charge in [-0.25, -0.2) is 0 Å². The maximum atomic E-state index is 13.7. The van der Waals surface area contributed by atoms with Crippen molar-refractivity contribution in [2.75, 3.05) is 18.4 Å². The average Bonchev–Trinajstić information content (AvgIpc) is 2.82. The molecule has 0 bridgehead atoms. The first kappa shape index (κ1) is 23.0. The number of nitrogens with zero attached hydrogens (tertiary/aromatic N) is 2. The van der Waals surface area contributed by atoms with Gasteiger partial charge in [-0.05, 0) is 68.0 Å². The van der Waals surface area contributed by atoms with Crippen molar-refractivity contribution in [3.05, 3.63) is 64.2 Å². The van der Waals surface area contributed by atoms with E-state index in [1.165, 1.54) is 0 Å². The van der Waals surface area contributed by atoms with Gasteiger partial charge in [-0.1, -0.05) is 30.7 Å². The third kappa shape index (κ3) is 4.95. The molecule has 0 aliphatic carbocycles. The highest BCUT2D eigenvalue weighted by molar-refractivity contribution is 5.99. The van der Waals surface area contributed by atoms with Gasteiger partial charge in [-0.15, -0.1) is 0 Å². The maximum Gasteiger partial charge on any atom is 0.255 e. The Hall–Kier alpha value is -3.15.